The van der Waals surface area contributed by atoms with Crippen molar-refractivity contribution in [3.63, 3.8) is 0 Å². The highest BCUT2D eigenvalue weighted by molar-refractivity contribution is 6.17. The van der Waals surface area contributed by atoms with Crippen LogP contribution in [0.1, 0.15) is 30.8 Å². The molecular formula is C14H16ClN3O2. The third kappa shape index (κ3) is 2.67. The topological polar surface area (TPSA) is 61.0 Å². The van der Waals surface area contributed by atoms with E-state index in [9.17, 15) is 10.1 Å². The number of rotatable bonds is 5. The van der Waals surface area contributed by atoms with Crippen molar-refractivity contribution in [2.45, 2.75) is 32.6 Å². The van der Waals surface area contributed by atoms with Gasteiger partial charge in [0.05, 0.1) is 16.3 Å². The second kappa shape index (κ2) is 6.05. The number of non-ortho nitro benzene ring substituents is 1. The fourth-order valence-corrected chi connectivity index (χ4v) is 2.32. The van der Waals surface area contributed by atoms with Gasteiger partial charge in [-0.2, -0.15) is 5.10 Å². The maximum absolute atomic E-state index is 10.8. The Hall–Kier alpha value is -1.88. The summed E-state index contributed by atoms with van der Waals surface area (Å²) in [5, 5.41) is 15.4. The Morgan fingerprint density at radius 3 is 2.60 bits per heavy atom. The number of aryl methyl sites for hydroxylation is 2. The van der Waals surface area contributed by atoms with Gasteiger partial charge in [0.2, 0.25) is 0 Å². The zero-order valence-electron chi connectivity index (χ0n) is 11.5. The van der Waals surface area contributed by atoms with Crippen LogP contribution < -0.4 is 0 Å². The molecule has 0 spiro atoms. The van der Waals surface area contributed by atoms with Gasteiger partial charge in [0.25, 0.3) is 5.69 Å². The number of halogens is 1. The standard InChI is InChI=1S/C14H16ClN3O2/c1-3-11-8-12(4-2)17(16-11)14-6-5-13(18(19)20)7-10(14)9-15/h5-8H,3-4,9H2,1-2H3. The second-order valence-electron chi connectivity index (χ2n) is 4.45. The van der Waals surface area contributed by atoms with Crippen LogP contribution in [0.15, 0.2) is 24.3 Å². The van der Waals surface area contributed by atoms with Crippen LogP contribution in [0.25, 0.3) is 5.69 Å². The van der Waals surface area contributed by atoms with E-state index in [4.69, 9.17) is 11.6 Å². The van der Waals surface area contributed by atoms with Crippen LogP contribution in [-0.2, 0) is 18.7 Å². The Kier molecular flexibility index (Phi) is 4.39. The summed E-state index contributed by atoms with van der Waals surface area (Å²) in [7, 11) is 0. The number of nitro benzene ring substituents is 1. The molecule has 0 unspecified atom stereocenters. The molecule has 1 aromatic heterocycles. The highest BCUT2D eigenvalue weighted by atomic mass is 35.5. The Balaban J connectivity index is 2.57. The van der Waals surface area contributed by atoms with Gasteiger partial charge in [-0.1, -0.05) is 13.8 Å². The van der Waals surface area contributed by atoms with Gasteiger partial charge in [0, 0.05) is 23.7 Å². The molecule has 2 aromatic rings. The summed E-state index contributed by atoms with van der Waals surface area (Å²) in [6, 6.07) is 6.76. The van der Waals surface area contributed by atoms with Crippen molar-refractivity contribution in [2.24, 2.45) is 0 Å². The highest BCUT2D eigenvalue weighted by Crippen LogP contribution is 2.24. The zero-order chi connectivity index (χ0) is 14.7. The molecule has 0 atom stereocenters. The number of benzene rings is 1. The minimum Gasteiger partial charge on any atom is -0.258 e. The van der Waals surface area contributed by atoms with Crippen LogP contribution in [0.5, 0.6) is 0 Å². The molecule has 0 saturated carbocycles. The molecule has 5 nitrogen and oxygen atoms in total. The summed E-state index contributed by atoms with van der Waals surface area (Å²) in [6.07, 6.45) is 1.69. The lowest BCUT2D eigenvalue weighted by Crippen LogP contribution is -2.05. The lowest BCUT2D eigenvalue weighted by Gasteiger charge is -2.10. The molecule has 0 fully saturated rings. The SMILES string of the molecule is CCc1cc(CC)n(-c2ccc([N+](=O)[O-])cc2CCl)n1. The Morgan fingerprint density at radius 1 is 1.30 bits per heavy atom. The summed E-state index contributed by atoms with van der Waals surface area (Å²) in [6.45, 7) is 4.10. The number of alkyl halides is 1. The normalized spacial score (nSPS) is 10.8. The maximum atomic E-state index is 10.8. The first-order chi connectivity index (χ1) is 9.60. The molecule has 6 heteroatoms. The van der Waals surface area contributed by atoms with Gasteiger partial charge in [-0.3, -0.25) is 10.1 Å². The highest BCUT2D eigenvalue weighted by Gasteiger charge is 2.14. The van der Waals surface area contributed by atoms with Crippen molar-refractivity contribution >= 4 is 17.3 Å². The molecule has 0 saturated heterocycles. The summed E-state index contributed by atoms with van der Waals surface area (Å²) in [5.41, 5.74) is 3.64. The Labute approximate surface area is 122 Å². The zero-order valence-corrected chi connectivity index (χ0v) is 12.2. The van der Waals surface area contributed by atoms with E-state index in [-0.39, 0.29) is 11.6 Å². The minimum absolute atomic E-state index is 0.0466. The largest absolute Gasteiger partial charge is 0.269 e. The molecule has 2 rings (SSSR count). The molecule has 0 radical (unpaired) electrons. The fraction of sp³-hybridized carbons (Fsp3) is 0.357. The van der Waals surface area contributed by atoms with E-state index in [0.29, 0.717) is 5.56 Å². The van der Waals surface area contributed by atoms with Gasteiger partial charge in [-0.15, -0.1) is 11.6 Å². The average Bonchev–Trinajstić information content (AvgIpc) is 2.89. The molecule has 0 aliphatic rings. The first-order valence-corrected chi connectivity index (χ1v) is 7.05. The monoisotopic (exact) mass is 293 g/mol. The number of aromatic nitrogens is 2. The molecule has 106 valence electrons. The first kappa shape index (κ1) is 14.5. The average molecular weight is 294 g/mol. The van der Waals surface area contributed by atoms with E-state index in [1.54, 1.807) is 6.07 Å². The van der Waals surface area contributed by atoms with E-state index in [1.807, 2.05) is 11.6 Å². The smallest absolute Gasteiger partial charge is 0.258 e. The van der Waals surface area contributed by atoms with Gasteiger partial charge in [-0.05, 0) is 30.5 Å². The van der Waals surface area contributed by atoms with Crippen molar-refractivity contribution in [2.75, 3.05) is 0 Å². The first-order valence-electron chi connectivity index (χ1n) is 6.52. The van der Waals surface area contributed by atoms with Crippen LogP contribution in [0.2, 0.25) is 0 Å². The van der Waals surface area contributed by atoms with Gasteiger partial charge in [0.1, 0.15) is 0 Å². The number of nitro groups is 1. The van der Waals surface area contributed by atoms with Crippen molar-refractivity contribution in [3.8, 4) is 5.69 Å². The third-order valence-corrected chi connectivity index (χ3v) is 3.49. The van der Waals surface area contributed by atoms with Gasteiger partial charge < -0.3 is 0 Å². The molecule has 0 N–H and O–H groups in total. The lowest BCUT2D eigenvalue weighted by atomic mass is 10.1. The number of nitrogens with zero attached hydrogens (tertiary/aromatic N) is 3. The van der Waals surface area contributed by atoms with Crippen LogP contribution >= 0.6 is 11.6 Å². The van der Waals surface area contributed by atoms with E-state index < -0.39 is 4.92 Å². The molecule has 1 heterocycles. The van der Waals surface area contributed by atoms with Crippen LogP contribution in [-0.4, -0.2) is 14.7 Å². The van der Waals surface area contributed by atoms with Crippen molar-refractivity contribution in [3.05, 3.63) is 51.3 Å². The minimum atomic E-state index is -0.416. The number of hydrogen-bond acceptors (Lipinski definition) is 3. The second-order valence-corrected chi connectivity index (χ2v) is 4.72. The molecule has 0 bridgehead atoms. The molecule has 0 aliphatic carbocycles. The predicted octanol–water partition coefficient (Wildman–Crippen LogP) is 3.64. The molecule has 0 amide bonds. The summed E-state index contributed by atoms with van der Waals surface area (Å²) < 4.78 is 1.83. The maximum Gasteiger partial charge on any atom is 0.269 e. The molecule has 1 aromatic carbocycles. The number of hydrogen-bond donors (Lipinski definition) is 0. The predicted molar refractivity (Wildman–Crippen MR) is 78.5 cm³/mol. The molecular weight excluding hydrogens is 278 g/mol. The van der Waals surface area contributed by atoms with Crippen LogP contribution in [0.4, 0.5) is 5.69 Å². The van der Waals surface area contributed by atoms with E-state index in [2.05, 4.69) is 18.1 Å². The summed E-state index contributed by atoms with van der Waals surface area (Å²) in [5.74, 6) is 0.210. The van der Waals surface area contributed by atoms with Gasteiger partial charge in [0.15, 0.2) is 0 Å². The molecule has 20 heavy (non-hydrogen) atoms. The summed E-state index contributed by atoms with van der Waals surface area (Å²) in [4.78, 5) is 10.4. The summed E-state index contributed by atoms with van der Waals surface area (Å²) >= 11 is 5.93. The third-order valence-electron chi connectivity index (χ3n) is 3.20. The Morgan fingerprint density at radius 2 is 2.05 bits per heavy atom. The quantitative estimate of drug-likeness (QED) is 0.480. The van der Waals surface area contributed by atoms with E-state index >= 15 is 0 Å². The molecule has 0 aliphatic heterocycles. The van der Waals surface area contributed by atoms with E-state index in [0.717, 1.165) is 29.9 Å². The van der Waals surface area contributed by atoms with E-state index in [1.165, 1.54) is 12.1 Å². The van der Waals surface area contributed by atoms with Crippen LogP contribution in [0.3, 0.4) is 0 Å². The Bertz CT molecular complexity index is 637. The fourth-order valence-electron chi connectivity index (χ4n) is 2.11. The lowest BCUT2D eigenvalue weighted by molar-refractivity contribution is -0.384. The van der Waals surface area contributed by atoms with Gasteiger partial charge >= 0.3 is 0 Å². The van der Waals surface area contributed by atoms with Crippen molar-refractivity contribution < 1.29 is 4.92 Å². The van der Waals surface area contributed by atoms with Crippen molar-refractivity contribution in [1.82, 2.24) is 9.78 Å². The van der Waals surface area contributed by atoms with Crippen LogP contribution in [0, 0.1) is 10.1 Å². The van der Waals surface area contributed by atoms with Crippen molar-refractivity contribution in [1.29, 1.82) is 0 Å². The van der Waals surface area contributed by atoms with Gasteiger partial charge in [-0.25, -0.2) is 4.68 Å².